The third-order valence-corrected chi connectivity index (χ3v) is 22.4. The Labute approximate surface area is 758 Å². The van der Waals surface area contributed by atoms with Crippen molar-refractivity contribution in [2.75, 3.05) is 52.5 Å². The SMILES string of the molecule is CC[C@H](C)[C@H](NC(=O)[C@H](CCCCN)NC(=O)[C@H](CCCCN)NC(=O)[C@H](CC(C)C)NC(=O)[C@H](CCCCN)NC(=O)[C@H](CCCCN)NC(=O)[C@H](CC(C)C)NC(=O)[C@H](CC(C)C)NC(=O)[C@H](CO)NC(=O)[C@H](CO)NC(=O)[C@H](CC(C)C)NC(=O)[C@@H](NC(=O)[C@@H](N)CCCCN)[C@@H](C)CC)C(=O)N[C@H](C(=O)N[C@@H](C)C(=O)N[C@@H](CCCCN)C(N)=O)[C@@H](C)CC. The monoisotopic (exact) mass is 1820 g/mol. The third kappa shape index (κ3) is 47.1. The van der Waals surface area contributed by atoms with Crippen LogP contribution in [-0.4, -0.2) is 254 Å². The molecule has 33 N–H and O–H groups in total. The number of primary amides is 1. The highest BCUT2D eigenvalue weighted by Crippen LogP contribution is 2.19. The van der Waals surface area contributed by atoms with Crippen molar-refractivity contribution < 1.29 is 86.9 Å². The van der Waals surface area contributed by atoms with Gasteiger partial charge in [-0.05, 0) is 222 Å². The topological polar surface area (TPSA) is 702 Å². The number of hydrogen-bond donors (Lipinski definition) is 25. The summed E-state index contributed by atoms with van der Waals surface area (Å²) in [5.41, 5.74) is 46.6. The Morgan fingerprint density at radius 3 is 0.688 bits per heavy atom. The smallest absolute Gasteiger partial charge is 0.245 e. The second kappa shape index (κ2) is 66.5. The van der Waals surface area contributed by atoms with Crippen LogP contribution in [0.2, 0.25) is 0 Å². The maximum absolute atomic E-state index is 14.9. The molecular weight excluding hydrogens is 1660 g/mol. The molecule has 0 aliphatic rings. The van der Waals surface area contributed by atoms with E-state index in [1.807, 2.05) is 6.92 Å². The molecule has 0 aromatic carbocycles. The predicted molar refractivity (Wildman–Crippen MR) is 490 cm³/mol. The number of hydrogen-bond acceptors (Lipinski definition) is 25. The number of nitrogens with two attached hydrogens (primary N) is 8. The van der Waals surface area contributed by atoms with Crippen molar-refractivity contribution in [2.45, 2.75) is 361 Å². The van der Waals surface area contributed by atoms with Crippen LogP contribution in [-0.2, 0) is 76.7 Å². The number of unbranched alkanes of at least 4 members (excludes halogenated alkanes) is 6. The minimum Gasteiger partial charge on any atom is -0.394 e. The van der Waals surface area contributed by atoms with Gasteiger partial charge < -0.3 is 136 Å². The van der Waals surface area contributed by atoms with E-state index in [0.29, 0.717) is 116 Å². The van der Waals surface area contributed by atoms with Gasteiger partial charge in [0.2, 0.25) is 94.5 Å². The summed E-state index contributed by atoms with van der Waals surface area (Å²) < 4.78 is 0. The molecule has 0 aliphatic carbocycles. The van der Waals surface area contributed by atoms with Crippen LogP contribution in [0.4, 0.5) is 0 Å². The summed E-state index contributed by atoms with van der Waals surface area (Å²) in [6.07, 6.45) is 6.94. The van der Waals surface area contributed by atoms with E-state index >= 15 is 0 Å². The summed E-state index contributed by atoms with van der Waals surface area (Å²) in [6, 6.07) is -21.1. The summed E-state index contributed by atoms with van der Waals surface area (Å²) in [5.74, 6) is -15.5. The van der Waals surface area contributed by atoms with Crippen molar-refractivity contribution in [1.82, 2.24) is 79.8 Å². The number of carbonyl (C=O) groups excluding carboxylic acids is 16. The Morgan fingerprint density at radius 1 is 0.234 bits per heavy atom. The lowest BCUT2D eigenvalue weighted by atomic mass is 9.94. The van der Waals surface area contributed by atoms with Gasteiger partial charge in [0, 0.05) is 0 Å². The lowest BCUT2D eigenvalue weighted by molar-refractivity contribution is -0.137. The molecule has 0 fully saturated rings. The summed E-state index contributed by atoms with van der Waals surface area (Å²) in [7, 11) is 0. The normalized spacial score (nSPS) is 16.0. The number of amides is 16. The molecule has 0 aliphatic heterocycles. The number of aliphatic hydroxyl groups is 2. The molecule has 0 radical (unpaired) electrons. The molecular formula is C87H167N23O18. The summed E-state index contributed by atoms with van der Waals surface area (Å²) >= 11 is 0. The molecule has 0 spiro atoms. The Hall–Kier alpha value is -8.84. The van der Waals surface area contributed by atoms with Crippen LogP contribution >= 0.6 is 0 Å². The molecule has 128 heavy (non-hydrogen) atoms. The number of aliphatic hydroxyl groups excluding tert-OH is 2. The van der Waals surface area contributed by atoms with E-state index in [9.17, 15) is 86.9 Å². The average Bonchev–Trinajstić information content (AvgIpc) is 0.849. The van der Waals surface area contributed by atoms with E-state index < -0.39 is 222 Å². The number of carbonyl (C=O) groups is 16. The van der Waals surface area contributed by atoms with Gasteiger partial charge in [0.15, 0.2) is 0 Å². The van der Waals surface area contributed by atoms with Gasteiger partial charge in [-0.1, -0.05) is 123 Å². The minimum absolute atomic E-state index is 0.00830. The second-order valence-electron chi connectivity index (χ2n) is 35.6. The number of rotatable bonds is 71. The fourth-order valence-corrected chi connectivity index (χ4v) is 13.9. The Kier molecular flexibility index (Phi) is 61.9. The van der Waals surface area contributed by atoms with E-state index in [0.717, 1.165) is 0 Å². The van der Waals surface area contributed by atoms with Gasteiger partial charge in [-0.15, -0.1) is 0 Å². The number of nitrogens with one attached hydrogen (secondary N) is 15. The molecule has 0 saturated carbocycles. The van der Waals surface area contributed by atoms with E-state index in [1.54, 1.807) is 90.0 Å². The maximum Gasteiger partial charge on any atom is 0.245 e. The quantitative estimate of drug-likeness (QED) is 0.0273. The Morgan fingerprint density at radius 2 is 0.430 bits per heavy atom. The first kappa shape index (κ1) is 119. The van der Waals surface area contributed by atoms with Crippen molar-refractivity contribution in [3.63, 3.8) is 0 Å². The zero-order valence-electron chi connectivity index (χ0n) is 79.2. The lowest BCUT2D eigenvalue weighted by Gasteiger charge is -2.31. The molecule has 0 bridgehead atoms. The van der Waals surface area contributed by atoms with Crippen molar-refractivity contribution >= 4 is 94.5 Å². The maximum atomic E-state index is 14.9. The van der Waals surface area contributed by atoms with E-state index in [1.165, 1.54) is 6.92 Å². The summed E-state index contributed by atoms with van der Waals surface area (Å²) in [6.45, 7) is 25.7. The van der Waals surface area contributed by atoms with Crippen LogP contribution in [0.15, 0.2) is 0 Å². The second-order valence-corrected chi connectivity index (χ2v) is 35.6. The molecule has 41 heteroatoms. The molecule has 738 valence electrons. The van der Waals surface area contributed by atoms with Gasteiger partial charge in [-0.25, -0.2) is 0 Å². The van der Waals surface area contributed by atoms with Crippen molar-refractivity contribution in [2.24, 2.45) is 87.3 Å². The molecule has 0 aromatic rings. The standard InChI is InChI=1S/C87H167N23O18/c1-16-53(12)69(85(126)96-56(15)73(114)97-58(72(95)113)32-20-26-38-89)110-87(128)71(55(14)18-3)109-78(119)62(36-24-30-42-93)99-76(117)60(34-22-28-40-91)100-79(120)63(43-49(4)5)102-77(118)61(35-23-29-41-92)98-75(116)59(33-21-27-39-90)101-80(121)64(44-50(6)7)103-81(122)65(45-51(8)9)104-83(124)67(47-111)107-84(125)68(48-112)106-82(123)66(46-52(10)11)105-86(127)70(54(13)17-2)108-74(115)57(94)31-19-25-37-88/h49-71,111-112H,16-48,88-94H2,1-15H3,(H2,95,113)(H,96,126)(H,97,114)(H,98,116)(H,99,117)(H,100,120)(H,101,121)(H,102,118)(H,103,122)(H,104,124)(H,105,127)(H,106,123)(H,107,125)(H,108,115)(H,109,119)(H,110,128)/t53-,54-,55-,56-,57-,58-,59-,60-,61-,62-,63-,64-,65-,66-,67-,68-,69-,70-,71-/m0/s1. The minimum atomic E-state index is -1.79. The van der Waals surface area contributed by atoms with Gasteiger partial charge in [-0.3, -0.25) is 76.7 Å². The lowest BCUT2D eigenvalue weighted by Crippen LogP contribution is -2.62. The average molecular weight is 1820 g/mol. The third-order valence-electron chi connectivity index (χ3n) is 22.4. The fourth-order valence-electron chi connectivity index (χ4n) is 13.9. The molecule has 0 heterocycles. The van der Waals surface area contributed by atoms with Crippen LogP contribution in [0.5, 0.6) is 0 Å². The van der Waals surface area contributed by atoms with Crippen LogP contribution in [0.3, 0.4) is 0 Å². The molecule has 0 aromatic heterocycles. The Bertz CT molecular complexity index is 3380. The first-order valence-corrected chi connectivity index (χ1v) is 46.5. The molecule has 0 saturated heterocycles. The molecule has 0 rings (SSSR count). The first-order chi connectivity index (χ1) is 60.4. The van der Waals surface area contributed by atoms with E-state index in [4.69, 9.17) is 45.9 Å². The Balaban J connectivity index is 7.24. The molecule has 41 nitrogen and oxygen atoms in total. The fraction of sp³-hybridized carbons (Fsp3) is 0.816. The summed E-state index contributed by atoms with van der Waals surface area (Å²) in [5, 5.41) is 61.2. The van der Waals surface area contributed by atoms with Crippen LogP contribution in [0, 0.1) is 41.4 Å². The van der Waals surface area contributed by atoms with Crippen LogP contribution in [0.25, 0.3) is 0 Å². The van der Waals surface area contributed by atoms with Gasteiger partial charge in [0.25, 0.3) is 0 Å². The van der Waals surface area contributed by atoms with E-state index in [-0.39, 0.29) is 108 Å². The van der Waals surface area contributed by atoms with Gasteiger partial charge in [0.05, 0.1) is 19.3 Å². The van der Waals surface area contributed by atoms with Crippen LogP contribution in [0.1, 0.15) is 264 Å². The predicted octanol–water partition coefficient (Wildman–Crippen LogP) is -2.83. The molecule has 16 amide bonds. The van der Waals surface area contributed by atoms with Gasteiger partial charge >= 0.3 is 0 Å². The van der Waals surface area contributed by atoms with Crippen molar-refractivity contribution in [3.05, 3.63) is 0 Å². The zero-order valence-corrected chi connectivity index (χ0v) is 79.2. The van der Waals surface area contributed by atoms with Crippen molar-refractivity contribution in [3.8, 4) is 0 Å². The van der Waals surface area contributed by atoms with E-state index in [2.05, 4.69) is 79.8 Å². The highest BCUT2D eigenvalue weighted by molar-refractivity contribution is 6.01. The largest absolute Gasteiger partial charge is 0.394 e. The first-order valence-electron chi connectivity index (χ1n) is 46.5. The van der Waals surface area contributed by atoms with Gasteiger partial charge in [0.1, 0.15) is 90.6 Å². The highest BCUT2D eigenvalue weighted by Gasteiger charge is 2.41. The molecule has 0 unspecified atom stereocenters. The van der Waals surface area contributed by atoms with Crippen molar-refractivity contribution in [1.29, 1.82) is 0 Å². The van der Waals surface area contributed by atoms with Crippen LogP contribution < -0.4 is 126 Å². The van der Waals surface area contributed by atoms with Gasteiger partial charge in [-0.2, -0.15) is 0 Å². The summed E-state index contributed by atoms with van der Waals surface area (Å²) in [4.78, 5) is 227. The zero-order chi connectivity index (χ0) is 97.5. The molecule has 19 atom stereocenters. The highest BCUT2D eigenvalue weighted by atomic mass is 16.3.